The number of hydrogen-bond acceptors (Lipinski definition) is 5. The number of piperazine rings is 1. The highest BCUT2D eigenvalue weighted by molar-refractivity contribution is 5.92. The monoisotopic (exact) mass is 372 g/mol. The summed E-state index contributed by atoms with van der Waals surface area (Å²) in [5, 5.41) is 0. The molecule has 1 aromatic rings. The van der Waals surface area contributed by atoms with E-state index in [0.29, 0.717) is 30.5 Å². The Labute approximate surface area is 160 Å². The Kier molecular flexibility index (Phi) is 5.53. The highest BCUT2D eigenvalue weighted by Crippen LogP contribution is 2.40. The highest BCUT2D eigenvalue weighted by Gasteiger charge is 2.27. The van der Waals surface area contributed by atoms with Gasteiger partial charge in [-0.3, -0.25) is 9.69 Å². The number of benzene rings is 1. The number of amides is 1. The molecule has 1 amide bonds. The van der Waals surface area contributed by atoms with Crippen LogP contribution in [0.2, 0.25) is 0 Å². The Bertz CT molecular complexity index is 687. The molecule has 1 aromatic carbocycles. The molecule has 3 aliphatic rings. The van der Waals surface area contributed by atoms with Gasteiger partial charge in [0.05, 0.1) is 7.11 Å². The fraction of sp³-hybridized carbons (Fsp3) is 0.571. The molecular weight excluding hydrogens is 344 g/mol. The first kappa shape index (κ1) is 18.2. The molecule has 27 heavy (non-hydrogen) atoms. The van der Waals surface area contributed by atoms with Crippen molar-refractivity contribution >= 4 is 12.0 Å². The maximum atomic E-state index is 12.6. The van der Waals surface area contributed by atoms with Gasteiger partial charge in [0, 0.05) is 38.3 Å². The Morgan fingerprint density at radius 3 is 2.59 bits per heavy atom. The maximum absolute atomic E-state index is 12.6. The van der Waals surface area contributed by atoms with E-state index in [1.54, 1.807) is 13.2 Å². The van der Waals surface area contributed by atoms with Gasteiger partial charge in [0.1, 0.15) is 13.2 Å². The molecule has 0 atom stereocenters. The molecule has 4 rings (SSSR count). The first-order valence-corrected chi connectivity index (χ1v) is 9.93. The van der Waals surface area contributed by atoms with Crippen molar-refractivity contribution in [1.82, 2.24) is 9.80 Å². The molecule has 1 saturated carbocycles. The fourth-order valence-corrected chi connectivity index (χ4v) is 4.24. The van der Waals surface area contributed by atoms with Crippen molar-refractivity contribution in [2.24, 2.45) is 0 Å². The number of rotatable bonds is 4. The minimum absolute atomic E-state index is 0.0647. The van der Waals surface area contributed by atoms with Gasteiger partial charge in [-0.25, -0.2) is 0 Å². The minimum Gasteiger partial charge on any atom is -0.493 e. The third-order valence-corrected chi connectivity index (χ3v) is 5.74. The van der Waals surface area contributed by atoms with E-state index in [9.17, 15) is 4.79 Å². The number of hydrogen-bond donors (Lipinski definition) is 0. The summed E-state index contributed by atoms with van der Waals surface area (Å²) in [6.07, 6.45) is 8.82. The van der Waals surface area contributed by atoms with E-state index in [-0.39, 0.29) is 5.91 Å². The Morgan fingerprint density at radius 2 is 1.85 bits per heavy atom. The van der Waals surface area contributed by atoms with Gasteiger partial charge >= 0.3 is 0 Å². The standard InChI is InChI=1S/C21H28N2O4/c1-25-18-14-16(15-19-21(18)27-13-12-26-19)6-7-20(24)23-10-8-22(9-11-23)17-4-2-3-5-17/h6-7,14-15,17H,2-5,8-13H2,1H3/b7-6+. The quantitative estimate of drug-likeness (QED) is 0.761. The smallest absolute Gasteiger partial charge is 0.246 e. The van der Waals surface area contributed by atoms with Crippen LogP contribution in [0.3, 0.4) is 0 Å². The Balaban J connectivity index is 1.37. The summed E-state index contributed by atoms with van der Waals surface area (Å²) >= 11 is 0. The summed E-state index contributed by atoms with van der Waals surface area (Å²) in [7, 11) is 1.61. The van der Waals surface area contributed by atoms with Crippen LogP contribution in [0.4, 0.5) is 0 Å². The van der Waals surface area contributed by atoms with Crippen LogP contribution in [-0.4, -0.2) is 68.3 Å². The first-order valence-electron chi connectivity index (χ1n) is 9.93. The lowest BCUT2D eigenvalue weighted by Gasteiger charge is -2.37. The van der Waals surface area contributed by atoms with Gasteiger partial charge in [0.25, 0.3) is 0 Å². The average Bonchev–Trinajstić information content (AvgIpc) is 3.26. The molecule has 0 unspecified atom stereocenters. The molecule has 0 spiro atoms. The molecule has 146 valence electrons. The van der Waals surface area contributed by atoms with Crippen LogP contribution in [0, 0.1) is 0 Å². The average molecular weight is 372 g/mol. The van der Waals surface area contributed by atoms with Crippen molar-refractivity contribution in [2.45, 2.75) is 31.7 Å². The molecule has 6 nitrogen and oxygen atoms in total. The lowest BCUT2D eigenvalue weighted by atomic mass is 10.1. The van der Waals surface area contributed by atoms with Gasteiger partial charge in [-0.15, -0.1) is 0 Å². The van der Waals surface area contributed by atoms with Gasteiger partial charge in [-0.05, 0) is 36.6 Å². The first-order chi connectivity index (χ1) is 13.2. The molecule has 2 aliphatic heterocycles. The topological polar surface area (TPSA) is 51.2 Å². The van der Waals surface area contributed by atoms with E-state index in [1.165, 1.54) is 25.7 Å². The van der Waals surface area contributed by atoms with Gasteiger partial charge in [0.2, 0.25) is 11.7 Å². The third kappa shape index (κ3) is 4.05. The zero-order chi connectivity index (χ0) is 18.6. The van der Waals surface area contributed by atoms with E-state index in [2.05, 4.69) is 4.90 Å². The zero-order valence-electron chi connectivity index (χ0n) is 16.0. The normalized spacial score (nSPS) is 21.0. The largest absolute Gasteiger partial charge is 0.493 e. The van der Waals surface area contributed by atoms with Crippen molar-refractivity contribution in [2.75, 3.05) is 46.5 Å². The summed E-state index contributed by atoms with van der Waals surface area (Å²) in [6.45, 7) is 4.63. The van der Waals surface area contributed by atoms with Crippen molar-refractivity contribution in [3.63, 3.8) is 0 Å². The van der Waals surface area contributed by atoms with Gasteiger partial charge in [0.15, 0.2) is 11.5 Å². The number of methoxy groups -OCH3 is 1. The van der Waals surface area contributed by atoms with Crippen LogP contribution in [0.5, 0.6) is 17.2 Å². The summed E-state index contributed by atoms with van der Waals surface area (Å²) in [4.78, 5) is 17.1. The second kappa shape index (κ2) is 8.21. The number of carbonyl (C=O) groups is 1. The molecule has 2 fully saturated rings. The maximum Gasteiger partial charge on any atom is 0.246 e. The summed E-state index contributed by atoms with van der Waals surface area (Å²) in [5.74, 6) is 1.99. The lowest BCUT2D eigenvalue weighted by Crippen LogP contribution is -2.51. The predicted octanol–water partition coefficient (Wildman–Crippen LogP) is 2.57. The third-order valence-electron chi connectivity index (χ3n) is 5.74. The molecule has 1 saturated heterocycles. The number of nitrogens with zero attached hydrogens (tertiary/aromatic N) is 2. The number of ether oxygens (including phenoxy) is 3. The second-order valence-corrected chi connectivity index (χ2v) is 7.38. The molecule has 0 bridgehead atoms. The Morgan fingerprint density at radius 1 is 1.11 bits per heavy atom. The lowest BCUT2D eigenvalue weighted by molar-refractivity contribution is -0.127. The SMILES string of the molecule is COc1cc(/C=C/C(=O)N2CCN(C3CCCC3)CC2)cc2c1OCCO2. The molecule has 1 aliphatic carbocycles. The Hall–Kier alpha value is -2.21. The van der Waals surface area contributed by atoms with Crippen molar-refractivity contribution in [3.8, 4) is 17.2 Å². The van der Waals surface area contributed by atoms with E-state index in [1.807, 2.05) is 23.1 Å². The van der Waals surface area contributed by atoms with E-state index < -0.39 is 0 Å². The van der Waals surface area contributed by atoms with Crippen molar-refractivity contribution < 1.29 is 19.0 Å². The molecule has 0 N–H and O–H groups in total. The van der Waals surface area contributed by atoms with Crippen LogP contribution in [-0.2, 0) is 4.79 Å². The molecular formula is C21H28N2O4. The van der Waals surface area contributed by atoms with Crippen molar-refractivity contribution in [3.05, 3.63) is 23.8 Å². The number of fused-ring (bicyclic) bond motifs is 1. The van der Waals surface area contributed by atoms with Gasteiger partial charge in [-0.1, -0.05) is 12.8 Å². The van der Waals surface area contributed by atoms with E-state index in [4.69, 9.17) is 14.2 Å². The summed E-state index contributed by atoms with van der Waals surface area (Å²) in [6, 6.07) is 4.50. The van der Waals surface area contributed by atoms with Gasteiger partial charge < -0.3 is 19.1 Å². The van der Waals surface area contributed by atoms with Crippen LogP contribution in [0.1, 0.15) is 31.2 Å². The highest BCUT2D eigenvalue weighted by atomic mass is 16.6. The molecule has 0 aromatic heterocycles. The molecule has 2 heterocycles. The second-order valence-electron chi connectivity index (χ2n) is 7.38. The molecule has 6 heteroatoms. The zero-order valence-corrected chi connectivity index (χ0v) is 16.0. The van der Waals surface area contributed by atoms with Crippen LogP contribution >= 0.6 is 0 Å². The van der Waals surface area contributed by atoms with Crippen LogP contribution in [0.25, 0.3) is 6.08 Å². The van der Waals surface area contributed by atoms with Crippen LogP contribution < -0.4 is 14.2 Å². The van der Waals surface area contributed by atoms with E-state index >= 15 is 0 Å². The van der Waals surface area contributed by atoms with Crippen LogP contribution in [0.15, 0.2) is 18.2 Å². The minimum atomic E-state index is 0.0647. The van der Waals surface area contributed by atoms with E-state index in [0.717, 1.165) is 37.8 Å². The molecule has 0 radical (unpaired) electrons. The van der Waals surface area contributed by atoms with Gasteiger partial charge in [-0.2, -0.15) is 0 Å². The summed E-state index contributed by atoms with van der Waals surface area (Å²) in [5.41, 5.74) is 0.869. The predicted molar refractivity (Wildman–Crippen MR) is 103 cm³/mol. The fourth-order valence-electron chi connectivity index (χ4n) is 4.24. The number of carbonyl (C=O) groups excluding carboxylic acids is 1. The summed E-state index contributed by atoms with van der Waals surface area (Å²) < 4.78 is 16.7. The van der Waals surface area contributed by atoms with Crippen molar-refractivity contribution in [1.29, 1.82) is 0 Å².